The van der Waals surface area contributed by atoms with Crippen molar-refractivity contribution in [1.82, 2.24) is 20.2 Å². The second-order valence-corrected chi connectivity index (χ2v) is 8.10. The van der Waals surface area contributed by atoms with Crippen molar-refractivity contribution in [1.29, 1.82) is 0 Å². The van der Waals surface area contributed by atoms with Crippen molar-refractivity contribution in [3.63, 3.8) is 0 Å². The van der Waals surface area contributed by atoms with Gasteiger partial charge in [0.15, 0.2) is 5.82 Å². The average molecular weight is 468 g/mol. The Hall–Kier alpha value is -3.99. The van der Waals surface area contributed by atoms with Crippen LogP contribution in [0.25, 0.3) is 10.9 Å². The van der Waals surface area contributed by atoms with E-state index in [1.54, 1.807) is 25.1 Å². The molecule has 1 unspecified atom stereocenters. The maximum Gasteiger partial charge on any atom is 0.331 e. The molecule has 0 spiro atoms. The highest BCUT2D eigenvalue weighted by molar-refractivity contribution is 5.99. The van der Waals surface area contributed by atoms with Crippen molar-refractivity contribution in [2.45, 2.75) is 25.4 Å². The van der Waals surface area contributed by atoms with E-state index < -0.39 is 29.2 Å². The second-order valence-electron chi connectivity index (χ2n) is 8.10. The number of H-pyrrole nitrogens is 1. The number of carbonyl (C=O) groups is 1. The fourth-order valence-corrected chi connectivity index (χ4v) is 3.85. The SMILES string of the molecule is Cc1cc(Nc2nc(C(F)(F)c3ccc(F)cc3)nc3cc(N4CC(O)CC4=O)ccc23)n[nH]1. The number of fused-ring (bicyclic) bond motifs is 1. The number of amides is 1. The lowest BCUT2D eigenvalue weighted by molar-refractivity contribution is -0.117. The van der Waals surface area contributed by atoms with Gasteiger partial charge in [0.1, 0.15) is 11.6 Å². The number of aromatic amines is 1. The number of hydrogen-bond donors (Lipinski definition) is 3. The molecule has 0 aliphatic carbocycles. The topological polar surface area (TPSA) is 107 Å². The molecule has 1 amide bonds. The molecular weight excluding hydrogens is 449 g/mol. The van der Waals surface area contributed by atoms with Gasteiger partial charge in [0, 0.05) is 28.4 Å². The van der Waals surface area contributed by atoms with Crippen LogP contribution in [-0.2, 0) is 10.7 Å². The van der Waals surface area contributed by atoms with Gasteiger partial charge in [-0.25, -0.2) is 14.4 Å². The fourth-order valence-electron chi connectivity index (χ4n) is 3.85. The minimum atomic E-state index is -3.63. The molecule has 1 aliphatic heterocycles. The first kappa shape index (κ1) is 21.8. The van der Waals surface area contributed by atoms with Gasteiger partial charge >= 0.3 is 5.92 Å². The van der Waals surface area contributed by atoms with Gasteiger partial charge in [0.25, 0.3) is 0 Å². The molecule has 3 heterocycles. The summed E-state index contributed by atoms with van der Waals surface area (Å²) in [5.41, 5.74) is 0.869. The van der Waals surface area contributed by atoms with Crippen LogP contribution >= 0.6 is 0 Å². The zero-order chi connectivity index (χ0) is 24.0. The lowest BCUT2D eigenvalue weighted by Gasteiger charge is -2.19. The lowest BCUT2D eigenvalue weighted by atomic mass is 10.1. The number of aryl methyl sites for hydroxylation is 1. The number of β-amino-alcohol motifs (C(OH)–C–C–N with tert-alkyl or cyclic N) is 1. The van der Waals surface area contributed by atoms with Crippen LogP contribution in [0.4, 0.5) is 30.5 Å². The van der Waals surface area contributed by atoms with E-state index >= 15 is 8.78 Å². The minimum absolute atomic E-state index is 0.0129. The number of benzene rings is 2. The predicted octanol–water partition coefficient (Wildman–Crippen LogP) is 3.78. The molecule has 0 radical (unpaired) electrons. The molecule has 1 saturated heterocycles. The largest absolute Gasteiger partial charge is 0.391 e. The van der Waals surface area contributed by atoms with Crippen molar-refractivity contribution >= 4 is 34.1 Å². The van der Waals surface area contributed by atoms with E-state index in [0.29, 0.717) is 16.9 Å². The summed E-state index contributed by atoms with van der Waals surface area (Å²) < 4.78 is 44.1. The quantitative estimate of drug-likeness (QED) is 0.412. The number of carbonyl (C=O) groups excluding carboxylic acids is 1. The van der Waals surface area contributed by atoms with Gasteiger partial charge in [-0.3, -0.25) is 9.89 Å². The van der Waals surface area contributed by atoms with Crippen molar-refractivity contribution in [2.24, 2.45) is 0 Å². The summed E-state index contributed by atoms with van der Waals surface area (Å²) in [5.74, 6) is -4.88. The number of rotatable bonds is 5. The van der Waals surface area contributed by atoms with Crippen molar-refractivity contribution in [3.8, 4) is 0 Å². The normalized spacial score (nSPS) is 16.4. The molecule has 1 atom stereocenters. The molecule has 2 aromatic heterocycles. The number of aliphatic hydroxyl groups is 1. The zero-order valence-corrected chi connectivity index (χ0v) is 17.9. The second kappa shape index (κ2) is 8.10. The first-order valence-electron chi connectivity index (χ1n) is 10.4. The Bertz CT molecular complexity index is 1390. The highest BCUT2D eigenvalue weighted by atomic mass is 19.3. The number of anilines is 3. The standard InChI is InChI=1S/C23H19F3N6O2/c1-12-8-19(31-30-12)28-21-17-7-6-15(32-11-16(33)10-20(32)34)9-18(17)27-22(29-21)23(25,26)13-2-4-14(24)5-3-13/h2-9,16,33H,10-11H2,1H3,(H2,27,28,29,30,31). The van der Waals surface area contributed by atoms with Crippen molar-refractivity contribution in [3.05, 3.63) is 71.4 Å². The van der Waals surface area contributed by atoms with Crippen LogP contribution < -0.4 is 10.2 Å². The number of hydrogen-bond acceptors (Lipinski definition) is 6. The maximum atomic E-state index is 15.4. The van der Waals surface area contributed by atoms with Crippen LogP contribution in [0.1, 0.15) is 23.5 Å². The summed E-state index contributed by atoms with van der Waals surface area (Å²) >= 11 is 0. The van der Waals surface area contributed by atoms with E-state index in [9.17, 15) is 14.3 Å². The van der Waals surface area contributed by atoms with Gasteiger partial charge in [0.2, 0.25) is 11.7 Å². The summed E-state index contributed by atoms with van der Waals surface area (Å²) in [4.78, 5) is 21.8. The molecular formula is C23H19F3N6O2. The van der Waals surface area contributed by atoms with Crippen molar-refractivity contribution in [2.75, 3.05) is 16.8 Å². The number of nitrogens with one attached hydrogen (secondary N) is 2. The van der Waals surface area contributed by atoms with E-state index in [1.165, 1.54) is 11.0 Å². The van der Waals surface area contributed by atoms with Gasteiger partial charge in [-0.15, -0.1) is 0 Å². The van der Waals surface area contributed by atoms with Crippen LogP contribution in [0, 0.1) is 12.7 Å². The summed E-state index contributed by atoms with van der Waals surface area (Å²) in [6.45, 7) is 1.89. The van der Waals surface area contributed by atoms with E-state index in [1.807, 2.05) is 0 Å². The Balaban J connectivity index is 1.65. The highest BCUT2D eigenvalue weighted by Gasteiger charge is 2.38. The first-order chi connectivity index (χ1) is 16.2. The third-order valence-electron chi connectivity index (χ3n) is 5.54. The fraction of sp³-hybridized carbons (Fsp3) is 0.217. The zero-order valence-electron chi connectivity index (χ0n) is 17.9. The number of aromatic nitrogens is 4. The molecule has 0 saturated carbocycles. The number of halogens is 3. The number of aliphatic hydroxyl groups excluding tert-OH is 1. The maximum absolute atomic E-state index is 15.4. The molecule has 34 heavy (non-hydrogen) atoms. The van der Waals surface area contributed by atoms with Gasteiger partial charge in [0.05, 0.1) is 24.6 Å². The minimum Gasteiger partial charge on any atom is -0.391 e. The smallest absolute Gasteiger partial charge is 0.331 e. The Morgan fingerprint density at radius 1 is 1.15 bits per heavy atom. The van der Waals surface area contributed by atoms with Crippen LogP contribution in [0.2, 0.25) is 0 Å². The third kappa shape index (κ3) is 3.94. The van der Waals surface area contributed by atoms with Gasteiger partial charge < -0.3 is 15.3 Å². The van der Waals surface area contributed by atoms with Crippen LogP contribution in [0.5, 0.6) is 0 Å². The Morgan fingerprint density at radius 3 is 2.56 bits per heavy atom. The molecule has 0 bridgehead atoms. The molecule has 3 N–H and O–H groups in total. The summed E-state index contributed by atoms with van der Waals surface area (Å²) in [6, 6.07) is 10.3. The number of nitrogens with zero attached hydrogens (tertiary/aromatic N) is 4. The average Bonchev–Trinajstić information content (AvgIpc) is 3.37. The molecule has 1 aliphatic rings. The van der Waals surface area contributed by atoms with Crippen molar-refractivity contribution < 1.29 is 23.1 Å². The lowest BCUT2D eigenvalue weighted by Crippen LogP contribution is -2.25. The number of alkyl halides is 2. The van der Waals surface area contributed by atoms with Gasteiger partial charge in [-0.05, 0) is 49.4 Å². The molecule has 174 valence electrons. The molecule has 5 rings (SSSR count). The molecule has 1 fully saturated rings. The summed E-state index contributed by atoms with van der Waals surface area (Å²) in [7, 11) is 0. The van der Waals surface area contributed by atoms with E-state index in [4.69, 9.17) is 0 Å². The molecule has 4 aromatic rings. The van der Waals surface area contributed by atoms with E-state index in [2.05, 4.69) is 25.5 Å². The Labute approximate surface area is 191 Å². The first-order valence-corrected chi connectivity index (χ1v) is 10.4. The predicted molar refractivity (Wildman–Crippen MR) is 119 cm³/mol. The monoisotopic (exact) mass is 468 g/mol. The van der Waals surface area contributed by atoms with Gasteiger partial charge in [-0.2, -0.15) is 13.9 Å². The Morgan fingerprint density at radius 2 is 1.91 bits per heavy atom. The molecule has 11 heteroatoms. The molecule has 2 aromatic carbocycles. The summed E-state index contributed by atoms with van der Waals surface area (Å²) in [5, 5.41) is 20.0. The summed E-state index contributed by atoms with van der Waals surface area (Å²) in [6.07, 6.45) is -0.812. The van der Waals surface area contributed by atoms with Gasteiger partial charge in [-0.1, -0.05) is 0 Å². The van der Waals surface area contributed by atoms with Crippen LogP contribution in [0.3, 0.4) is 0 Å². The van der Waals surface area contributed by atoms with Crippen LogP contribution in [0.15, 0.2) is 48.5 Å². The molecule has 8 nitrogen and oxygen atoms in total. The highest BCUT2D eigenvalue weighted by Crippen LogP contribution is 2.37. The van der Waals surface area contributed by atoms with E-state index in [-0.39, 0.29) is 30.2 Å². The van der Waals surface area contributed by atoms with Crippen LogP contribution in [-0.4, -0.2) is 43.8 Å². The third-order valence-corrected chi connectivity index (χ3v) is 5.54. The Kier molecular flexibility index (Phi) is 5.20. The van der Waals surface area contributed by atoms with E-state index in [0.717, 1.165) is 30.0 Å².